The van der Waals surface area contributed by atoms with Gasteiger partial charge in [-0.2, -0.15) is 0 Å². The van der Waals surface area contributed by atoms with Crippen LogP contribution in [-0.2, 0) is 0 Å². The first-order valence-electron chi connectivity index (χ1n) is 5.19. The molecule has 0 bridgehead atoms. The molecule has 0 saturated carbocycles. The number of pyridine rings is 1. The van der Waals surface area contributed by atoms with E-state index in [1.807, 2.05) is 24.3 Å². The quantitative estimate of drug-likeness (QED) is 0.831. The third-order valence-corrected chi connectivity index (χ3v) is 2.62. The van der Waals surface area contributed by atoms with E-state index < -0.39 is 0 Å². The Morgan fingerprint density at radius 1 is 1.31 bits per heavy atom. The molecule has 0 aliphatic heterocycles. The minimum atomic E-state index is 0.601. The summed E-state index contributed by atoms with van der Waals surface area (Å²) in [6.07, 6.45) is 2.56. The van der Waals surface area contributed by atoms with Gasteiger partial charge in [0.15, 0.2) is 0 Å². The van der Waals surface area contributed by atoms with Gasteiger partial charge in [-0.1, -0.05) is 11.6 Å². The number of hydrogen-bond acceptors (Lipinski definition) is 3. The number of nitrogens with two attached hydrogens (primary N) is 1. The van der Waals surface area contributed by atoms with Crippen molar-refractivity contribution in [1.29, 1.82) is 0 Å². The number of rotatable bonds is 4. The Labute approximate surface area is 99.2 Å². The molecule has 0 unspecified atom stereocenters. The fourth-order valence-electron chi connectivity index (χ4n) is 1.49. The normalized spacial score (nSPS) is 10.6. The molecule has 0 fully saturated rings. The van der Waals surface area contributed by atoms with Crippen molar-refractivity contribution in [3.63, 3.8) is 0 Å². The molecule has 1 aromatic heterocycles. The number of hydrogen-bond donors (Lipinski definition) is 1. The molecule has 0 amide bonds. The number of fused-ring (bicyclic) bond motifs is 1. The highest BCUT2D eigenvalue weighted by atomic mass is 35.5. The lowest BCUT2D eigenvalue weighted by Crippen LogP contribution is -2.06. The zero-order valence-electron chi connectivity index (χ0n) is 8.82. The van der Waals surface area contributed by atoms with Crippen molar-refractivity contribution in [2.24, 2.45) is 5.73 Å². The van der Waals surface area contributed by atoms with Gasteiger partial charge in [0.2, 0.25) is 0 Å². The predicted octanol–water partition coefficient (Wildman–Crippen LogP) is 2.62. The Bertz CT molecular complexity index is 487. The third kappa shape index (κ3) is 2.26. The summed E-state index contributed by atoms with van der Waals surface area (Å²) in [5, 5.41) is 1.60. The average molecular weight is 237 g/mol. The van der Waals surface area contributed by atoms with Crippen LogP contribution in [0.1, 0.15) is 6.42 Å². The third-order valence-electron chi connectivity index (χ3n) is 2.29. The highest BCUT2D eigenvalue weighted by Gasteiger charge is 2.05. The van der Waals surface area contributed by atoms with E-state index in [4.69, 9.17) is 22.1 Å². The fraction of sp³-hybridized carbons (Fsp3) is 0.250. The van der Waals surface area contributed by atoms with E-state index in [-0.39, 0.29) is 0 Å². The molecule has 16 heavy (non-hydrogen) atoms. The summed E-state index contributed by atoms with van der Waals surface area (Å²) < 4.78 is 5.61. The molecule has 1 aromatic carbocycles. The zero-order chi connectivity index (χ0) is 11.4. The lowest BCUT2D eigenvalue weighted by Gasteiger charge is -2.08. The van der Waals surface area contributed by atoms with E-state index in [0.29, 0.717) is 18.2 Å². The van der Waals surface area contributed by atoms with Gasteiger partial charge in [0, 0.05) is 11.6 Å². The molecule has 0 atom stereocenters. The van der Waals surface area contributed by atoms with Crippen molar-refractivity contribution in [2.45, 2.75) is 6.42 Å². The molecule has 2 rings (SSSR count). The van der Waals surface area contributed by atoms with E-state index in [9.17, 15) is 0 Å². The Balaban J connectivity index is 2.35. The van der Waals surface area contributed by atoms with Crippen LogP contribution in [0.2, 0.25) is 5.02 Å². The van der Waals surface area contributed by atoms with Crippen molar-refractivity contribution >= 4 is 22.5 Å². The van der Waals surface area contributed by atoms with Crippen LogP contribution >= 0.6 is 11.6 Å². The minimum Gasteiger partial charge on any atom is -0.491 e. The average Bonchev–Trinajstić information content (AvgIpc) is 2.33. The summed E-state index contributed by atoms with van der Waals surface area (Å²) in [4.78, 5) is 4.28. The first kappa shape index (κ1) is 11.2. The largest absolute Gasteiger partial charge is 0.491 e. The molecule has 0 aliphatic carbocycles. The van der Waals surface area contributed by atoms with Gasteiger partial charge in [-0.05, 0) is 37.2 Å². The van der Waals surface area contributed by atoms with Gasteiger partial charge >= 0.3 is 0 Å². The molecule has 0 aliphatic rings. The molecular weight excluding hydrogens is 224 g/mol. The minimum absolute atomic E-state index is 0.601. The maximum atomic E-state index is 6.07. The van der Waals surface area contributed by atoms with Gasteiger partial charge in [-0.3, -0.25) is 4.98 Å². The topological polar surface area (TPSA) is 48.1 Å². The van der Waals surface area contributed by atoms with Crippen molar-refractivity contribution in [1.82, 2.24) is 4.98 Å². The summed E-state index contributed by atoms with van der Waals surface area (Å²) in [6.45, 7) is 1.22. The van der Waals surface area contributed by atoms with Gasteiger partial charge in [0.1, 0.15) is 11.3 Å². The Morgan fingerprint density at radius 3 is 3.00 bits per heavy atom. The second-order valence-electron chi connectivity index (χ2n) is 3.44. The van der Waals surface area contributed by atoms with Crippen LogP contribution in [0.4, 0.5) is 0 Å². The van der Waals surface area contributed by atoms with E-state index in [1.165, 1.54) is 0 Å². The molecule has 4 heteroatoms. The maximum Gasteiger partial charge on any atom is 0.145 e. The van der Waals surface area contributed by atoms with Crippen molar-refractivity contribution in [3.05, 3.63) is 35.5 Å². The SMILES string of the molecule is NCCCOc1ccc(Cl)c2cccnc12. The van der Waals surface area contributed by atoms with E-state index >= 15 is 0 Å². The van der Waals surface area contributed by atoms with E-state index in [1.54, 1.807) is 6.20 Å². The molecule has 84 valence electrons. The van der Waals surface area contributed by atoms with Gasteiger partial charge in [-0.15, -0.1) is 0 Å². The standard InChI is InChI=1S/C12H13ClN2O/c13-10-4-5-11(16-8-2-6-14)12-9(10)3-1-7-15-12/h1,3-5,7H,2,6,8,14H2. The lowest BCUT2D eigenvalue weighted by molar-refractivity contribution is 0.316. The van der Waals surface area contributed by atoms with Crippen LogP contribution in [-0.4, -0.2) is 18.1 Å². The monoisotopic (exact) mass is 236 g/mol. The first-order chi connectivity index (χ1) is 7.83. The van der Waals surface area contributed by atoms with Crippen molar-refractivity contribution < 1.29 is 4.74 Å². The molecule has 0 radical (unpaired) electrons. The maximum absolute atomic E-state index is 6.07. The Kier molecular flexibility index (Phi) is 3.59. The van der Waals surface area contributed by atoms with Crippen molar-refractivity contribution in [2.75, 3.05) is 13.2 Å². The summed E-state index contributed by atoms with van der Waals surface area (Å²) in [5.41, 5.74) is 6.21. The highest BCUT2D eigenvalue weighted by molar-refractivity contribution is 6.35. The molecule has 0 saturated heterocycles. The first-order valence-corrected chi connectivity index (χ1v) is 5.57. The van der Waals surface area contributed by atoms with Crippen LogP contribution in [0.5, 0.6) is 5.75 Å². The van der Waals surface area contributed by atoms with E-state index in [0.717, 1.165) is 23.1 Å². The molecule has 0 spiro atoms. The number of aromatic nitrogens is 1. The van der Waals surface area contributed by atoms with Crippen molar-refractivity contribution in [3.8, 4) is 5.75 Å². The number of halogens is 1. The predicted molar refractivity (Wildman–Crippen MR) is 65.9 cm³/mol. The second kappa shape index (κ2) is 5.14. The van der Waals surface area contributed by atoms with Crippen LogP contribution < -0.4 is 10.5 Å². The number of ether oxygens (including phenoxy) is 1. The number of benzene rings is 1. The lowest BCUT2D eigenvalue weighted by atomic mass is 10.2. The van der Waals surface area contributed by atoms with Gasteiger partial charge in [-0.25, -0.2) is 0 Å². The second-order valence-corrected chi connectivity index (χ2v) is 3.84. The molecular formula is C12H13ClN2O. The van der Waals surface area contributed by atoms with Crippen LogP contribution in [0.3, 0.4) is 0 Å². The summed E-state index contributed by atoms with van der Waals surface area (Å²) in [7, 11) is 0. The zero-order valence-corrected chi connectivity index (χ0v) is 9.57. The Morgan fingerprint density at radius 2 is 2.19 bits per heavy atom. The molecule has 3 nitrogen and oxygen atoms in total. The van der Waals surface area contributed by atoms with Crippen LogP contribution in [0, 0.1) is 0 Å². The summed E-state index contributed by atoms with van der Waals surface area (Å²) in [5.74, 6) is 0.758. The van der Waals surface area contributed by atoms with E-state index in [2.05, 4.69) is 4.98 Å². The molecule has 2 N–H and O–H groups in total. The van der Waals surface area contributed by atoms with Crippen LogP contribution in [0.25, 0.3) is 10.9 Å². The van der Waals surface area contributed by atoms with Gasteiger partial charge in [0.05, 0.1) is 11.6 Å². The van der Waals surface area contributed by atoms with Gasteiger partial charge in [0.25, 0.3) is 0 Å². The Hall–Kier alpha value is -1.32. The summed E-state index contributed by atoms with van der Waals surface area (Å²) >= 11 is 6.07. The smallest absolute Gasteiger partial charge is 0.145 e. The van der Waals surface area contributed by atoms with Gasteiger partial charge < -0.3 is 10.5 Å². The number of nitrogens with zero attached hydrogens (tertiary/aromatic N) is 1. The molecule has 2 aromatic rings. The highest BCUT2D eigenvalue weighted by Crippen LogP contribution is 2.29. The molecule has 1 heterocycles. The fourth-order valence-corrected chi connectivity index (χ4v) is 1.71. The van der Waals surface area contributed by atoms with Crippen LogP contribution in [0.15, 0.2) is 30.5 Å². The summed E-state index contributed by atoms with van der Waals surface area (Å²) in [6, 6.07) is 7.45.